The van der Waals surface area contributed by atoms with Crippen LogP contribution in [0.15, 0.2) is 30.6 Å². The second-order valence-corrected chi connectivity index (χ2v) is 3.02. The number of aromatic nitrogens is 2. The van der Waals surface area contributed by atoms with Crippen LogP contribution in [0.25, 0.3) is 5.65 Å². The third kappa shape index (κ3) is 1.70. The van der Waals surface area contributed by atoms with E-state index in [2.05, 4.69) is 4.98 Å². The molecule has 0 amide bonds. The van der Waals surface area contributed by atoms with Crippen LogP contribution >= 0.6 is 0 Å². The van der Waals surface area contributed by atoms with Crippen LogP contribution < -0.4 is 10.5 Å². The fourth-order valence-electron chi connectivity index (χ4n) is 1.28. The van der Waals surface area contributed by atoms with Crippen LogP contribution in [0, 0.1) is 0 Å². The summed E-state index contributed by atoms with van der Waals surface area (Å²) in [6.07, 6.45) is 4.52. The largest absolute Gasteiger partial charge is 0.477 e. The standard InChI is InChI=1S/C10H13N3O/c11-5-3-7-14-10-8-12-9-4-1-2-6-13(9)10/h1-2,4,6,8H,3,5,7,11H2. The maximum atomic E-state index is 5.52. The summed E-state index contributed by atoms with van der Waals surface area (Å²) in [6.45, 7) is 1.29. The number of nitrogens with zero attached hydrogens (tertiary/aromatic N) is 2. The number of imidazole rings is 1. The Morgan fingerprint density at radius 1 is 1.43 bits per heavy atom. The van der Waals surface area contributed by atoms with Crippen molar-refractivity contribution in [2.24, 2.45) is 5.73 Å². The molecule has 0 saturated heterocycles. The summed E-state index contributed by atoms with van der Waals surface area (Å²) >= 11 is 0. The molecule has 0 unspecified atom stereocenters. The van der Waals surface area contributed by atoms with Gasteiger partial charge in [-0.3, -0.25) is 4.40 Å². The van der Waals surface area contributed by atoms with Crippen molar-refractivity contribution in [2.75, 3.05) is 13.2 Å². The van der Waals surface area contributed by atoms with E-state index in [0.29, 0.717) is 13.2 Å². The zero-order chi connectivity index (χ0) is 9.80. The number of nitrogens with two attached hydrogens (primary N) is 1. The number of hydrogen-bond donors (Lipinski definition) is 1. The van der Waals surface area contributed by atoms with Gasteiger partial charge in [-0.15, -0.1) is 0 Å². The zero-order valence-corrected chi connectivity index (χ0v) is 7.89. The average molecular weight is 191 g/mol. The van der Waals surface area contributed by atoms with Gasteiger partial charge in [-0.05, 0) is 25.1 Å². The highest BCUT2D eigenvalue weighted by Gasteiger charge is 2.01. The SMILES string of the molecule is NCCCOc1cnc2ccccn12. The lowest BCUT2D eigenvalue weighted by molar-refractivity contribution is 0.299. The highest BCUT2D eigenvalue weighted by atomic mass is 16.5. The van der Waals surface area contributed by atoms with Gasteiger partial charge in [0, 0.05) is 6.20 Å². The molecule has 0 aliphatic rings. The van der Waals surface area contributed by atoms with Crippen molar-refractivity contribution in [1.29, 1.82) is 0 Å². The van der Waals surface area contributed by atoms with E-state index in [0.717, 1.165) is 17.9 Å². The van der Waals surface area contributed by atoms with Crippen LogP contribution in [0.4, 0.5) is 0 Å². The Morgan fingerprint density at radius 3 is 3.21 bits per heavy atom. The molecule has 0 bridgehead atoms. The predicted molar refractivity (Wildman–Crippen MR) is 54.4 cm³/mol. The van der Waals surface area contributed by atoms with Crippen molar-refractivity contribution in [1.82, 2.24) is 9.38 Å². The van der Waals surface area contributed by atoms with Crippen molar-refractivity contribution >= 4 is 5.65 Å². The summed E-state index contributed by atoms with van der Waals surface area (Å²) in [6, 6.07) is 5.84. The molecule has 0 aromatic carbocycles. The molecular formula is C10H13N3O. The van der Waals surface area contributed by atoms with E-state index in [1.165, 1.54) is 0 Å². The number of pyridine rings is 1. The fourth-order valence-corrected chi connectivity index (χ4v) is 1.28. The van der Waals surface area contributed by atoms with Gasteiger partial charge in [0.2, 0.25) is 5.88 Å². The van der Waals surface area contributed by atoms with Gasteiger partial charge < -0.3 is 10.5 Å². The predicted octanol–water partition coefficient (Wildman–Crippen LogP) is 1.06. The normalized spacial score (nSPS) is 10.6. The van der Waals surface area contributed by atoms with Gasteiger partial charge in [0.15, 0.2) is 0 Å². The topological polar surface area (TPSA) is 52.5 Å². The highest BCUT2D eigenvalue weighted by Crippen LogP contribution is 2.13. The van der Waals surface area contributed by atoms with Gasteiger partial charge in [0.05, 0.1) is 12.8 Å². The van der Waals surface area contributed by atoms with Gasteiger partial charge in [0.25, 0.3) is 0 Å². The molecular weight excluding hydrogens is 178 g/mol. The molecule has 4 nitrogen and oxygen atoms in total. The molecule has 0 aliphatic heterocycles. The van der Waals surface area contributed by atoms with E-state index in [-0.39, 0.29) is 0 Å². The summed E-state index contributed by atoms with van der Waals surface area (Å²) < 4.78 is 7.43. The molecule has 2 aromatic heterocycles. The van der Waals surface area contributed by atoms with Crippen LogP contribution in [0.1, 0.15) is 6.42 Å². The van der Waals surface area contributed by atoms with E-state index in [4.69, 9.17) is 10.5 Å². The van der Waals surface area contributed by atoms with Gasteiger partial charge >= 0.3 is 0 Å². The van der Waals surface area contributed by atoms with Crippen LogP contribution in [0.2, 0.25) is 0 Å². The van der Waals surface area contributed by atoms with Crippen LogP contribution in [0.3, 0.4) is 0 Å². The lowest BCUT2D eigenvalue weighted by Gasteiger charge is -2.03. The average Bonchev–Trinajstić information content (AvgIpc) is 2.63. The minimum atomic E-state index is 0.638. The first kappa shape index (κ1) is 9.02. The van der Waals surface area contributed by atoms with E-state index in [1.807, 2.05) is 28.8 Å². The molecule has 0 atom stereocenters. The van der Waals surface area contributed by atoms with Crippen molar-refractivity contribution in [2.45, 2.75) is 6.42 Å². The van der Waals surface area contributed by atoms with Gasteiger partial charge in [-0.2, -0.15) is 0 Å². The minimum absolute atomic E-state index is 0.638. The molecule has 0 radical (unpaired) electrons. The summed E-state index contributed by atoms with van der Waals surface area (Å²) in [5.74, 6) is 0.772. The summed E-state index contributed by atoms with van der Waals surface area (Å²) in [5.41, 5.74) is 6.28. The first-order chi connectivity index (χ1) is 6.92. The van der Waals surface area contributed by atoms with E-state index >= 15 is 0 Å². The van der Waals surface area contributed by atoms with Crippen LogP contribution in [-0.4, -0.2) is 22.5 Å². The lowest BCUT2D eigenvalue weighted by Crippen LogP contribution is -2.06. The van der Waals surface area contributed by atoms with Crippen molar-refractivity contribution in [3.8, 4) is 5.88 Å². The quantitative estimate of drug-likeness (QED) is 0.735. The Labute approximate surface area is 82.3 Å². The van der Waals surface area contributed by atoms with E-state index < -0.39 is 0 Å². The van der Waals surface area contributed by atoms with Crippen molar-refractivity contribution < 1.29 is 4.74 Å². The first-order valence-corrected chi connectivity index (χ1v) is 4.67. The first-order valence-electron chi connectivity index (χ1n) is 4.67. The van der Waals surface area contributed by atoms with Crippen molar-refractivity contribution in [3.63, 3.8) is 0 Å². The van der Waals surface area contributed by atoms with Crippen LogP contribution in [-0.2, 0) is 0 Å². The molecule has 14 heavy (non-hydrogen) atoms. The summed E-state index contributed by atoms with van der Waals surface area (Å²) in [4.78, 5) is 4.20. The molecule has 2 aromatic rings. The Hall–Kier alpha value is -1.55. The molecule has 0 saturated carbocycles. The zero-order valence-electron chi connectivity index (χ0n) is 7.89. The molecule has 2 heterocycles. The van der Waals surface area contributed by atoms with Crippen molar-refractivity contribution in [3.05, 3.63) is 30.6 Å². The molecule has 2 N–H and O–H groups in total. The minimum Gasteiger partial charge on any atom is -0.477 e. The molecule has 0 fully saturated rings. The molecule has 0 spiro atoms. The number of hydrogen-bond acceptors (Lipinski definition) is 3. The van der Waals surface area contributed by atoms with E-state index in [9.17, 15) is 0 Å². The Morgan fingerprint density at radius 2 is 2.36 bits per heavy atom. The van der Waals surface area contributed by atoms with Gasteiger partial charge in [-0.1, -0.05) is 6.07 Å². The maximum Gasteiger partial charge on any atom is 0.218 e. The monoisotopic (exact) mass is 191 g/mol. The molecule has 4 heteroatoms. The molecule has 0 aliphatic carbocycles. The third-order valence-corrected chi connectivity index (χ3v) is 1.98. The lowest BCUT2D eigenvalue weighted by atomic mass is 10.5. The smallest absolute Gasteiger partial charge is 0.218 e. The number of ether oxygens (including phenoxy) is 1. The second-order valence-electron chi connectivity index (χ2n) is 3.02. The Bertz CT molecular complexity index is 410. The summed E-state index contributed by atoms with van der Waals surface area (Å²) in [7, 11) is 0. The number of rotatable bonds is 4. The maximum absolute atomic E-state index is 5.52. The fraction of sp³-hybridized carbons (Fsp3) is 0.300. The van der Waals surface area contributed by atoms with Gasteiger partial charge in [0.1, 0.15) is 5.65 Å². The van der Waals surface area contributed by atoms with E-state index in [1.54, 1.807) is 6.20 Å². The Kier molecular flexibility index (Phi) is 2.65. The summed E-state index contributed by atoms with van der Waals surface area (Å²) in [5, 5.41) is 0. The molecule has 74 valence electrons. The third-order valence-electron chi connectivity index (χ3n) is 1.98. The van der Waals surface area contributed by atoms with Gasteiger partial charge in [-0.25, -0.2) is 4.98 Å². The Balaban J connectivity index is 2.17. The second kappa shape index (κ2) is 4.11. The van der Waals surface area contributed by atoms with Crippen LogP contribution in [0.5, 0.6) is 5.88 Å². The highest BCUT2D eigenvalue weighted by molar-refractivity contribution is 5.41. The number of fused-ring (bicyclic) bond motifs is 1. The molecule has 2 rings (SSSR count).